The van der Waals surface area contributed by atoms with Crippen molar-refractivity contribution in [3.8, 4) is 0 Å². The van der Waals surface area contributed by atoms with Crippen molar-refractivity contribution in [1.29, 1.82) is 0 Å². The highest BCUT2D eigenvalue weighted by Crippen LogP contribution is 2.35. The maximum atomic E-state index is 14.4. The van der Waals surface area contributed by atoms with Gasteiger partial charge >= 0.3 is 5.97 Å². The minimum Gasteiger partial charge on any atom is -0.481 e. The summed E-state index contributed by atoms with van der Waals surface area (Å²) in [6.45, 7) is 0.230. The molecule has 29 heavy (non-hydrogen) atoms. The van der Waals surface area contributed by atoms with E-state index in [9.17, 15) is 22.4 Å². The molecule has 0 aliphatic carbocycles. The summed E-state index contributed by atoms with van der Waals surface area (Å²) in [6.07, 6.45) is 1.12. The molecule has 1 unspecified atom stereocenters. The number of carbonyl (C=O) groups excluding carboxylic acids is 1. The third-order valence-electron chi connectivity index (χ3n) is 5.34. The number of rotatable bonds is 4. The average Bonchev–Trinajstić information content (AvgIpc) is 3.10. The van der Waals surface area contributed by atoms with Crippen molar-refractivity contribution < 1.29 is 27.5 Å². The summed E-state index contributed by atoms with van der Waals surface area (Å²) in [5.74, 6) is -2.71. The second-order valence-corrected chi connectivity index (χ2v) is 9.03. The van der Waals surface area contributed by atoms with Crippen LogP contribution in [0.5, 0.6) is 0 Å². The minimum absolute atomic E-state index is 0.0150. The number of carbonyl (C=O) groups is 2. The molecule has 9 heteroatoms. The number of aliphatic carboxylic acids is 1. The fourth-order valence-electron chi connectivity index (χ4n) is 3.85. The first kappa shape index (κ1) is 19.4. The lowest BCUT2D eigenvalue weighted by molar-refractivity contribution is -0.141. The second-order valence-electron chi connectivity index (χ2n) is 7.17. The number of fused-ring (bicyclic) bond motifs is 1. The van der Waals surface area contributed by atoms with Crippen LogP contribution in [0.25, 0.3) is 0 Å². The molecule has 0 spiro atoms. The normalized spacial score (nSPS) is 19.3. The molecule has 152 valence electrons. The van der Waals surface area contributed by atoms with Gasteiger partial charge in [-0.15, -0.1) is 0 Å². The van der Waals surface area contributed by atoms with E-state index in [-0.39, 0.29) is 36.0 Å². The quantitative estimate of drug-likeness (QED) is 0.823. The number of halogens is 1. The summed E-state index contributed by atoms with van der Waals surface area (Å²) in [5, 5.41) is 9.10. The fraction of sp³-hybridized carbons (Fsp3) is 0.300. The van der Waals surface area contributed by atoms with Gasteiger partial charge in [0.25, 0.3) is 10.0 Å². The molecule has 4 rings (SSSR count). The number of para-hydroxylation sites is 1. The maximum absolute atomic E-state index is 14.4. The molecular weight excluding hydrogens is 399 g/mol. The Hall–Kier alpha value is -2.94. The second kappa shape index (κ2) is 7.14. The van der Waals surface area contributed by atoms with Crippen LogP contribution in [0.4, 0.5) is 15.8 Å². The predicted octanol–water partition coefficient (Wildman–Crippen LogP) is 2.40. The fourth-order valence-corrected chi connectivity index (χ4v) is 5.40. The zero-order chi connectivity index (χ0) is 20.8. The van der Waals surface area contributed by atoms with E-state index in [1.165, 1.54) is 35.2 Å². The number of benzene rings is 2. The number of nitrogens with zero attached hydrogens (tertiary/aromatic N) is 2. The number of sulfonamides is 1. The van der Waals surface area contributed by atoms with Gasteiger partial charge in [-0.05, 0) is 48.7 Å². The minimum atomic E-state index is -3.98. The van der Waals surface area contributed by atoms with Gasteiger partial charge in [0.05, 0.1) is 16.5 Å². The molecule has 1 amide bonds. The van der Waals surface area contributed by atoms with E-state index in [0.717, 1.165) is 4.31 Å². The van der Waals surface area contributed by atoms with Gasteiger partial charge in [0.1, 0.15) is 5.82 Å². The number of carboxylic acid groups (broad SMARTS) is 1. The molecule has 2 aromatic rings. The molecule has 2 aliphatic heterocycles. The average molecular weight is 418 g/mol. The summed E-state index contributed by atoms with van der Waals surface area (Å²) in [5.41, 5.74) is 1.17. The van der Waals surface area contributed by atoms with E-state index in [1.54, 1.807) is 12.1 Å². The Labute approximate surface area is 167 Å². The molecule has 0 saturated carbocycles. The first-order chi connectivity index (χ1) is 13.8. The van der Waals surface area contributed by atoms with Crippen molar-refractivity contribution in [3.63, 3.8) is 0 Å². The largest absolute Gasteiger partial charge is 0.481 e. The lowest BCUT2D eigenvalue weighted by atomic mass is 10.0. The van der Waals surface area contributed by atoms with Crippen molar-refractivity contribution >= 4 is 33.3 Å². The number of aryl methyl sites for hydroxylation is 1. The lowest BCUT2D eigenvalue weighted by Crippen LogP contribution is -2.36. The Balaban J connectivity index is 1.63. The molecule has 1 fully saturated rings. The van der Waals surface area contributed by atoms with Crippen molar-refractivity contribution in [2.75, 3.05) is 22.3 Å². The molecule has 7 nitrogen and oxygen atoms in total. The van der Waals surface area contributed by atoms with Gasteiger partial charge in [0, 0.05) is 25.2 Å². The Morgan fingerprint density at radius 1 is 1.14 bits per heavy atom. The van der Waals surface area contributed by atoms with E-state index < -0.39 is 27.7 Å². The van der Waals surface area contributed by atoms with Gasteiger partial charge in [-0.3, -0.25) is 13.9 Å². The highest BCUT2D eigenvalue weighted by atomic mass is 32.2. The molecule has 2 aromatic carbocycles. The molecule has 1 saturated heterocycles. The third kappa shape index (κ3) is 3.35. The molecule has 2 aliphatic rings. The van der Waals surface area contributed by atoms with Crippen molar-refractivity contribution in [1.82, 2.24) is 0 Å². The van der Waals surface area contributed by atoms with Crippen LogP contribution in [0.15, 0.2) is 47.4 Å². The summed E-state index contributed by atoms with van der Waals surface area (Å²) in [7, 11) is -3.98. The van der Waals surface area contributed by atoms with E-state index in [0.29, 0.717) is 24.1 Å². The molecular formula is C20H19FN2O5S. The van der Waals surface area contributed by atoms with Crippen LogP contribution in [0, 0.1) is 11.7 Å². The number of anilines is 2. The van der Waals surface area contributed by atoms with Gasteiger partial charge in [0.15, 0.2) is 0 Å². The monoisotopic (exact) mass is 418 g/mol. The molecule has 2 heterocycles. The van der Waals surface area contributed by atoms with Crippen LogP contribution in [0.3, 0.4) is 0 Å². The highest BCUT2D eigenvalue weighted by molar-refractivity contribution is 7.92. The van der Waals surface area contributed by atoms with Gasteiger partial charge in [-0.25, -0.2) is 12.8 Å². The van der Waals surface area contributed by atoms with Crippen LogP contribution >= 0.6 is 0 Å². The number of hydrogen-bond acceptors (Lipinski definition) is 4. The Kier molecular flexibility index (Phi) is 4.77. The van der Waals surface area contributed by atoms with Crippen molar-refractivity contribution in [2.24, 2.45) is 5.92 Å². The summed E-state index contributed by atoms with van der Waals surface area (Å²) < 4.78 is 41.8. The van der Waals surface area contributed by atoms with Crippen molar-refractivity contribution in [3.05, 3.63) is 53.8 Å². The van der Waals surface area contributed by atoms with Crippen molar-refractivity contribution in [2.45, 2.75) is 24.2 Å². The Morgan fingerprint density at radius 2 is 1.86 bits per heavy atom. The van der Waals surface area contributed by atoms with Crippen LogP contribution in [-0.2, 0) is 26.0 Å². The van der Waals surface area contributed by atoms with Gasteiger partial charge in [-0.1, -0.05) is 12.1 Å². The maximum Gasteiger partial charge on any atom is 0.308 e. The first-order valence-electron chi connectivity index (χ1n) is 9.22. The van der Waals surface area contributed by atoms with Gasteiger partial charge < -0.3 is 10.0 Å². The molecule has 1 atom stereocenters. The topological polar surface area (TPSA) is 95.0 Å². The van der Waals surface area contributed by atoms with E-state index in [1.807, 2.05) is 0 Å². The SMILES string of the molecule is O=C(O)C1CC(=O)N(c2ccc(S(=O)(=O)N3CCCc4cccc(F)c43)cc2)C1. The lowest BCUT2D eigenvalue weighted by Gasteiger charge is -2.30. The summed E-state index contributed by atoms with van der Waals surface area (Å²) in [6, 6.07) is 10.2. The standard InChI is InChI=1S/C20H19FN2O5S/c21-17-5-1-3-13-4-2-10-23(19(13)17)29(27,28)16-8-6-15(7-9-16)22-12-14(20(25)26)11-18(22)24/h1,3,5-9,14H,2,4,10-12H2,(H,25,26). The molecule has 1 N–H and O–H groups in total. The number of carboxylic acids is 1. The van der Waals surface area contributed by atoms with Crippen LogP contribution in [-0.4, -0.2) is 38.5 Å². The molecule has 0 radical (unpaired) electrons. The smallest absolute Gasteiger partial charge is 0.308 e. The Morgan fingerprint density at radius 3 is 2.52 bits per heavy atom. The zero-order valence-electron chi connectivity index (χ0n) is 15.4. The summed E-state index contributed by atoms with van der Waals surface area (Å²) in [4.78, 5) is 24.5. The van der Waals surface area contributed by atoms with Gasteiger partial charge in [0.2, 0.25) is 5.91 Å². The third-order valence-corrected chi connectivity index (χ3v) is 7.15. The van der Waals surface area contributed by atoms with E-state index in [2.05, 4.69) is 0 Å². The molecule has 0 bridgehead atoms. The number of amides is 1. The molecule has 0 aromatic heterocycles. The Bertz CT molecular complexity index is 1080. The zero-order valence-corrected chi connectivity index (χ0v) is 16.2. The van der Waals surface area contributed by atoms with Crippen LogP contribution < -0.4 is 9.21 Å². The van der Waals surface area contributed by atoms with E-state index >= 15 is 0 Å². The van der Waals surface area contributed by atoms with E-state index in [4.69, 9.17) is 5.11 Å². The van der Waals surface area contributed by atoms with Crippen LogP contribution in [0.1, 0.15) is 18.4 Å². The summed E-state index contributed by atoms with van der Waals surface area (Å²) >= 11 is 0. The van der Waals surface area contributed by atoms with Crippen LogP contribution in [0.2, 0.25) is 0 Å². The highest BCUT2D eigenvalue weighted by Gasteiger charge is 2.36. The first-order valence-corrected chi connectivity index (χ1v) is 10.7. The van der Waals surface area contributed by atoms with Gasteiger partial charge in [-0.2, -0.15) is 0 Å². The number of hydrogen-bond donors (Lipinski definition) is 1. The predicted molar refractivity (Wildman–Crippen MR) is 104 cm³/mol.